The van der Waals surface area contributed by atoms with Crippen LogP contribution in [0.4, 0.5) is 0 Å². The van der Waals surface area contributed by atoms with Gasteiger partial charge in [0.2, 0.25) is 0 Å². The minimum atomic E-state index is -0.290. The fourth-order valence-corrected chi connectivity index (χ4v) is 1.56. The van der Waals surface area contributed by atoms with Gasteiger partial charge in [-0.3, -0.25) is 0 Å². The molecule has 1 rings (SSSR count). The highest BCUT2D eigenvalue weighted by Gasteiger charge is 2.10. The van der Waals surface area contributed by atoms with Crippen molar-refractivity contribution in [1.82, 2.24) is 4.98 Å². The quantitative estimate of drug-likeness (QED) is 0.620. The molecular formula is C7H8INO2. The normalized spacial score (nSPS) is 9.73. The number of nitrogens with one attached hydrogen (secondary N) is 1. The van der Waals surface area contributed by atoms with E-state index in [1.54, 1.807) is 6.07 Å². The summed E-state index contributed by atoms with van der Waals surface area (Å²) in [7, 11) is 1.38. The van der Waals surface area contributed by atoms with Crippen LogP contribution in [0.5, 0.6) is 0 Å². The average molecular weight is 265 g/mol. The van der Waals surface area contributed by atoms with E-state index in [1.165, 1.54) is 7.11 Å². The third-order valence-corrected chi connectivity index (χ3v) is 1.97. The molecule has 3 nitrogen and oxygen atoms in total. The molecule has 0 aromatic carbocycles. The maximum absolute atomic E-state index is 11.0. The lowest BCUT2D eigenvalue weighted by atomic mass is 10.3. The van der Waals surface area contributed by atoms with Gasteiger partial charge >= 0.3 is 5.97 Å². The maximum atomic E-state index is 11.0. The van der Waals surface area contributed by atoms with Crippen molar-refractivity contribution in [2.45, 2.75) is 6.92 Å². The lowest BCUT2D eigenvalue weighted by Crippen LogP contribution is -2.00. The minimum absolute atomic E-state index is 0.290. The summed E-state index contributed by atoms with van der Waals surface area (Å²) in [5.74, 6) is -0.290. The number of aromatic nitrogens is 1. The van der Waals surface area contributed by atoms with Crippen LogP contribution >= 0.6 is 22.6 Å². The molecule has 0 aliphatic carbocycles. The highest BCUT2D eigenvalue weighted by atomic mass is 127. The Kier molecular flexibility index (Phi) is 2.53. The number of ether oxygens (including phenoxy) is 1. The highest BCUT2D eigenvalue weighted by Crippen LogP contribution is 2.12. The van der Waals surface area contributed by atoms with E-state index >= 15 is 0 Å². The molecule has 1 N–H and O–H groups in total. The summed E-state index contributed by atoms with van der Waals surface area (Å²) in [6, 6.07) is 1.77. The Morgan fingerprint density at radius 3 is 2.73 bits per heavy atom. The number of methoxy groups -OCH3 is 1. The SMILES string of the molecule is COC(=O)c1cc(I)[nH]c1C. The molecule has 0 aliphatic heterocycles. The number of esters is 1. The van der Waals surface area contributed by atoms with Gasteiger partial charge in [-0.15, -0.1) is 0 Å². The molecule has 11 heavy (non-hydrogen) atoms. The molecule has 60 valence electrons. The van der Waals surface area contributed by atoms with Gasteiger partial charge in [0.1, 0.15) is 0 Å². The first-order valence-corrected chi connectivity index (χ1v) is 4.16. The van der Waals surface area contributed by atoms with Crippen LogP contribution in [0, 0.1) is 10.6 Å². The fraction of sp³-hybridized carbons (Fsp3) is 0.286. The third-order valence-electron chi connectivity index (χ3n) is 1.39. The molecule has 0 fully saturated rings. The van der Waals surface area contributed by atoms with Crippen LogP contribution in [0.15, 0.2) is 6.07 Å². The van der Waals surface area contributed by atoms with E-state index < -0.39 is 0 Å². The van der Waals surface area contributed by atoms with Gasteiger partial charge < -0.3 is 9.72 Å². The van der Waals surface area contributed by atoms with Crippen molar-refractivity contribution in [2.24, 2.45) is 0 Å². The second-order valence-electron chi connectivity index (χ2n) is 2.15. The summed E-state index contributed by atoms with van der Waals surface area (Å²) in [5, 5.41) is 0. The number of carbonyl (C=O) groups is 1. The first-order chi connectivity index (χ1) is 5.15. The van der Waals surface area contributed by atoms with E-state index in [0.717, 1.165) is 9.39 Å². The van der Waals surface area contributed by atoms with Gasteiger partial charge in [-0.25, -0.2) is 4.79 Å². The summed E-state index contributed by atoms with van der Waals surface area (Å²) in [5.41, 5.74) is 1.46. The van der Waals surface area contributed by atoms with Crippen molar-refractivity contribution < 1.29 is 9.53 Å². The minimum Gasteiger partial charge on any atom is -0.465 e. The van der Waals surface area contributed by atoms with Gasteiger partial charge in [0, 0.05) is 5.69 Å². The summed E-state index contributed by atoms with van der Waals surface area (Å²) >= 11 is 2.11. The van der Waals surface area contributed by atoms with Crippen LogP contribution in [-0.2, 0) is 4.74 Å². The molecule has 0 saturated carbocycles. The molecule has 0 atom stereocenters. The molecule has 0 unspecified atom stereocenters. The van der Waals surface area contributed by atoms with Crippen LogP contribution in [0.1, 0.15) is 16.1 Å². The number of aromatic amines is 1. The Morgan fingerprint density at radius 1 is 1.73 bits per heavy atom. The Balaban J connectivity index is 3.03. The lowest BCUT2D eigenvalue weighted by molar-refractivity contribution is 0.0600. The van der Waals surface area contributed by atoms with Gasteiger partial charge in [-0.05, 0) is 35.6 Å². The number of carbonyl (C=O) groups excluding carboxylic acids is 1. The fourth-order valence-electron chi connectivity index (χ4n) is 0.839. The van der Waals surface area contributed by atoms with Gasteiger partial charge in [0.15, 0.2) is 0 Å². The van der Waals surface area contributed by atoms with E-state index in [4.69, 9.17) is 0 Å². The van der Waals surface area contributed by atoms with Crippen molar-refractivity contribution >= 4 is 28.6 Å². The second kappa shape index (κ2) is 3.25. The predicted octanol–water partition coefficient (Wildman–Crippen LogP) is 1.71. The molecule has 0 radical (unpaired) electrons. The van der Waals surface area contributed by atoms with Crippen molar-refractivity contribution in [2.75, 3.05) is 7.11 Å². The van der Waals surface area contributed by atoms with Crippen LogP contribution in [0.2, 0.25) is 0 Å². The monoisotopic (exact) mass is 265 g/mol. The zero-order chi connectivity index (χ0) is 8.43. The van der Waals surface area contributed by atoms with Gasteiger partial charge in [-0.1, -0.05) is 0 Å². The molecule has 0 aliphatic rings. The van der Waals surface area contributed by atoms with Crippen molar-refractivity contribution in [3.63, 3.8) is 0 Å². The molecule has 0 saturated heterocycles. The van der Waals surface area contributed by atoms with Gasteiger partial charge in [-0.2, -0.15) is 0 Å². The zero-order valence-corrected chi connectivity index (χ0v) is 8.43. The highest BCUT2D eigenvalue weighted by molar-refractivity contribution is 14.1. The molecular weight excluding hydrogens is 257 g/mol. The summed E-state index contributed by atoms with van der Waals surface area (Å²) in [4.78, 5) is 14.0. The van der Waals surface area contributed by atoms with Crippen LogP contribution in [0.3, 0.4) is 0 Å². The van der Waals surface area contributed by atoms with Crippen LogP contribution in [-0.4, -0.2) is 18.1 Å². The van der Waals surface area contributed by atoms with E-state index in [0.29, 0.717) is 5.56 Å². The summed E-state index contributed by atoms with van der Waals surface area (Å²) in [6.45, 7) is 1.84. The molecule has 0 bridgehead atoms. The van der Waals surface area contributed by atoms with Crippen molar-refractivity contribution in [3.8, 4) is 0 Å². The first kappa shape index (κ1) is 8.58. The maximum Gasteiger partial charge on any atom is 0.339 e. The molecule has 1 aromatic rings. The van der Waals surface area contributed by atoms with Crippen molar-refractivity contribution in [1.29, 1.82) is 0 Å². The second-order valence-corrected chi connectivity index (χ2v) is 3.31. The van der Waals surface area contributed by atoms with E-state index in [-0.39, 0.29) is 5.97 Å². The Hall–Kier alpha value is -0.520. The topological polar surface area (TPSA) is 42.1 Å². The number of rotatable bonds is 1. The number of hydrogen-bond acceptors (Lipinski definition) is 2. The van der Waals surface area contributed by atoms with E-state index in [9.17, 15) is 4.79 Å². The molecule has 1 aromatic heterocycles. The predicted molar refractivity (Wildman–Crippen MR) is 49.6 cm³/mol. The van der Waals surface area contributed by atoms with Gasteiger partial charge in [0.05, 0.1) is 16.4 Å². The lowest BCUT2D eigenvalue weighted by Gasteiger charge is -1.94. The van der Waals surface area contributed by atoms with Gasteiger partial charge in [0.25, 0.3) is 0 Å². The smallest absolute Gasteiger partial charge is 0.339 e. The van der Waals surface area contributed by atoms with Crippen LogP contribution in [0.25, 0.3) is 0 Å². The largest absolute Gasteiger partial charge is 0.465 e. The zero-order valence-electron chi connectivity index (χ0n) is 6.27. The molecule has 0 spiro atoms. The third kappa shape index (κ3) is 1.74. The van der Waals surface area contributed by atoms with Crippen molar-refractivity contribution in [3.05, 3.63) is 21.0 Å². The summed E-state index contributed by atoms with van der Waals surface area (Å²) < 4.78 is 5.51. The number of aryl methyl sites for hydroxylation is 1. The standard InChI is InChI=1S/C7H8INO2/c1-4-5(7(10)11-2)3-6(8)9-4/h3,9H,1-2H3. The van der Waals surface area contributed by atoms with E-state index in [1.807, 2.05) is 6.92 Å². The van der Waals surface area contributed by atoms with Crippen LogP contribution < -0.4 is 0 Å². The Morgan fingerprint density at radius 2 is 2.36 bits per heavy atom. The average Bonchev–Trinajstić information content (AvgIpc) is 2.28. The molecule has 4 heteroatoms. The number of halogens is 1. The summed E-state index contributed by atoms with van der Waals surface area (Å²) in [6.07, 6.45) is 0. The molecule has 0 amide bonds. The van der Waals surface area contributed by atoms with E-state index in [2.05, 4.69) is 32.3 Å². The Labute approximate surface area is 78.3 Å². The number of H-pyrrole nitrogens is 1. The molecule has 1 heterocycles. The first-order valence-electron chi connectivity index (χ1n) is 3.08. The number of hydrogen-bond donors (Lipinski definition) is 1. The Bertz CT molecular complexity index is 280.